The number of nitrogens with zero attached hydrogens (tertiary/aromatic N) is 3. The van der Waals surface area contributed by atoms with Gasteiger partial charge in [0.2, 0.25) is 0 Å². The SMILES string of the molecule is CN(CC1(c2ccccc2)CC1)c1cnn(C)c(=O)c1Cl. The molecule has 0 unspecified atom stereocenters. The molecule has 0 N–H and O–H groups in total. The van der Waals surface area contributed by atoms with Crippen molar-refractivity contribution in [3.8, 4) is 0 Å². The summed E-state index contributed by atoms with van der Waals surface area (Å²) in [5.74, 6) is 0. The smallest absolute Gasteiger partial charge is 0.287 e. The molecule has 4 nitrogen and oxygen atoms in total. The minimum atomic E-state index is -0.259. The van der Waals surface area contributed by atoms with Crippen LogP contribution in [0.2, 0.25) is 5.02 Å². The van der Waals surface area contributed by atoms with Gasteiger partial charge >= 0.3 is 0 Å². The van der Waals surface area contributed by atoms with Crippen LogP contribution in [0.5, 0.6) is 0 Å². The Kier molecular flexibility index (Phi) is 3.49. The van der Waals surface area contributed by atoms with Crippen LogP contribution in [0, 0.1) is 0 Å². The number of aromatic nitrogens is 2. The van der Waals surface area contributed by atoms with Crippen molar-refractivity contribution < 1.29 is 0 Å². The summed E-state index contributed by atoms with van der Waals surface area (Å²) in [6, 6.07) is 10.5. The Labute approximate surface area is 129 Å². The normalized spacial score (nSPS) is 15.8. The molecule has 1 aromatic carbocycles. The van der Waals surface area contributed by atoms with Crippen molar-refractivity contribution in [3.05, 3.63) is 57.5 Å². The van der Waals surface area contributed by atoms with E-state index in [0.29, 0.717) is 5.69 Å². The van der Waals surface area contributed by atoms with E-state index >= 15 is 0 Å². The molecule has 1 aliphatic carbocycles. The molecule has 0 radical (unpaired) electrons. The minimum absolute atomic E-state index is 0.181. The van der Waals surface area contributed by atoms with E-state index in [1.54, 1.807) is 13.2 Å². The Morgan fingerprint density at radius 3 is 2.62 bits per heavy atom. The van der Waals surface area contributed by atoms with Gasteiger partial charge < -0.3 is 4.90 Å². The number of aryl methyl sites for hydroxylation is 1. The number of likely N-dealkylation sites (N-methyl/N-ethyl adjacent to an activating group) is 1. The zero-order valence-corrected chi connectivity index (χ0v) is 13.0. The summed E-state index contributed by atoms with van der Waals surface area (Å²) in [6.45, 7) is 0.839. The van der Waals surface area contributed by atoms with E-state index in [2.05, 4.69) is 29.4 Å². The molecule has 5 heteroatoms. The Hall–Kier alpha value is -1.81. The molecule has 1 aliphatic rings. The van der Waals surface area contributed by atoms with Gasteiger partial charge in [-0.05, 0) is 18.4 Å². The van der Waals surface area contributed by atoms with Crippen LogP contribution >= 0.6 is 11.6 Å². The fourth-order valence-corrected chi connectivity index (χ4v) is 3.10. The van der Waals surface area contributed by atoms with Crippen LogP contribution in [0.3, 0.4) is 0 Å². The third-order valence-electron chi connectivity index (χ3n) is 4.25. The molecule has 1 saturated carbocycles. The van der Waals surface area contributed by atoms with Crippen LogP contribution in [-0.2, 0) is 12.5 Å². The Morgan fingerprint density at radius 2 is 2.00 bits per heavy atom. The van der Waals surface area contributed by atoms with E-state index in [-0.39, 0.29) is 16.0 Å². The average molecular weight is 304 g/mol. The summed E-state index contributed by atoms with van der Waals surface area (Å²) in [5, 5.41) is 4.30. The molecule has 0 spiro atoms. The molecular weight excluding hydrogens is 286 g/mol. The first-order valence-electron chi connectivity index (χ1n) is 7.02. The topological polar surface area (TPSA) is 38.1 Å². The van der Waals surface area contributed by atoms with Gasteiger partial charge in [-0.3, -0.25) is 4.79 Å². The lowest BCUT2D eigenvalue weighted by Crippen LogP contribution is -2.31. The van der Waals surface area contributed by atoms with Crippen molar-refractivity contribution in [2.24, 2.45) is 7.05 Å². The van der Waals surface area contributed by atoms with E-state index < -0.39 is 0 Å². The highest BCUT2D eigenvalue weighted by molar-refractivity contribution is 6.33. The molecular formula is C16H18ClN3O. The lowest BCUT2D eigenvalue weighted by molar-refractivity contribution is 0.662. The first-order chi connectivity index (χ1) is 10.0. The number of halogens is 1. The lowest BCUT2D eigenvalue weighted by atomic mass is 9.95. The van der Waals surface area contributed by atoms with Gasteiger partial charge in [0.15, 0.2) is 0 Å². The first-order valence-corrected chi connectivity index (χ1v) is 7.40. The van der Waals surface area contributed by atoms with Crippen LogP contribution in [-0.4, -0.2) is 23.4 Å². The van der Waals surface area contributed by atoms with Gasteiger partial charge in [-0.2, -0.15) is 5.10 Å². The third kappa shape index (κ3) is 2.56. The molecule has 1 fully saturated rings. The zero-order valence-electron chi connectivity index (χ0n) is 12.2. The van der Waals surface area contributed by atoms with Crippen LogP contribution in [0.15, 0.2) is 41.3 Å². The molecule has 1 heterocycles. The van der Waals surface area contributed by atoms with Crippen molar-refractivity contribution in [1.82, 2.24) is 9.78 Å². The molecule has 21 heavy (non-hydrogen) atoms. The quantitative estimate of drug-likeness (QED) is 0.871. The summed E-state index contributed by atoms with van der Waals surface area (Å²) >= 11 is 6.17. The molecule has 2 aromatic rings. The van der Waals surface area contributed by atoms with Crippen molar-refractivity contribution in [2.75, 3.05) is 18.5 Å². The summed E-state index contributed by atoms with van der Waals surface area (Å²) < 4.78 is 1.25. The third-order valence-corrected chi connectivity index (χ3v) is 4.61. The fraction of sp³-hybridized carbons (Fsp3) is 0.375. The van der Waals surface area contributed by atoms with E-state index in [9.17, 15) is 4.79 Å². The van der Waals surface area contributed by atoms with Gasteiger partial charge in [-0.1, -0.05) is 41.9 Å². The molecule has 0 bridgehead atoms. The molecule has 0 saturated heterocycles. The zero-order chi connectivity index (χ0) is 15.0. The highest BCUT2D eigenvalue weighted by Gasteiger charge is 2.45. The summed E-state index contributed by atoms with van der Waals surface area (Å²) in [4.78, 5) is 13.9. The minimum Gasteiger partial charge on any atom is -0.371 e. The molecule has 110 valence electrons. The van der Waals surface area contributed by atoms with Crippen LogP contribution < -0.4 is 10.5 Å². The van der Waals surface area contributed by atoms with Crippen molar-refractivity contribution >= 4 is 17.3 Å². The van der Waals surface area contributed by atoms with Crippen molar-refractivity contribution in [2.45, 2.75) is 18.3 Å². The summed E-state index contributed by atoms with van der Waals surface area (Å²) in [5.41, 5.74) is 1.97. The Morgan fingerprint density at radius 1 is 1.33 bits per heavy atom. The van der Waals surface area contributed by atoms with Crippen LogP contribution in [0.1, 0.15) is 18.4 Å². The molecule has 0 aliphatic heterocycles. The maximum absolute atomic E-state index is 11.9. The summed E-state index contributed by atoms with van der Waals surface area (Å²) in [7, 11) is 3.57. The molecule has 3 rings (SSSR count). The predicted octanol–water partition coefficient (Wildman–Crippen LogP) is 2.60. The van der Waals surface area contributed by atoms with E-state index in [4.69, 9.17) is 11.6 Å². The second kappa shape index (κ2) is 5.19. The number of rotatable bonds is 4. The maximum atomic E-state index is 11.9. The standard InChI is InChI=1S/C16H18ClN3O/c1-19(13-10-18-20(2)15(21)14(13)17)11-16(8-9-16)12-6-4-3-5-7-12/h3-7,10H,8-9,11H2,1-2H3. The average Bonchev–Trinajstić information content (AvgIpc) is 3.26. The maximum Gasteiger partial charge on any atom is 0.287 e. The highest BCUT2D eigenvalue weighted by Crippen LogP contribution is 2.49. The van der Waals surface area contributed by atoms with Gasteiger partial charge in [0.1, 0.15) is 5.02 Å². The predicted molar refractivity (Wildman–Crippen MR) is 85.1 cm³/mol. The second-order valence-corrected chi connectivity index (χ2v) is 6.15. The lowest BCUT2D eigenvalue weighted by Gasteiger charge is -2.26. The van der Waals surface area contributed by atoms with E-state index in [1.165, 1.54) is 10.2 Å². The highest BCUT2D eigenvalue weighted by atomic mass is 35.5. The second-order valence-electron chi connectivity index (χ2n) is 5.77. The number of hydrogen-bond donors (Lipinski definition) is 0. The van der Waals surface area contributed by atoms with E-state index in [0.717, 1.165) is 19.4 Å². The number of anilines is 1. The van der Waals surface area contributed by atoms with Gasteiger partial charge in [0.05, 0.1) is 11.9 Å². The number of benzene rings is 1. The van der Waals surface area contributed by atoms with Crippen molar-refractivity contribution in [3.63, 3.8) is 0 Å². The Balaban J connectivity index is 1.86. The molecule has 0 amide bonds. The van der Waals surface area contributed by atoms with Gasteiger partial charge in [0, 0.05) is 26.1 Å². The molecule has 0 atom stereocenters. The molecule has 1 aromatic heterocycles. The van der Waals surface area contributed by atoms with Gasteiger partial charge in [0.25, 0.3) is 5.56 Å². The fourth-order valence-electron chi connectivity index (χ4n) is 2.79. The van der Waals surface area contributed by atoms with Crippen LogP contribution in [0.4, 0.5) is 5.69 Å². The van der Waals surface area contributed by atoms with Crippen LogP contribution in [0.25, 0.3) is 0 Å². The number of hydrogen-bond acceptors (Lipinski definition) is 3. The first kappa shape index (κ1) is 14.1. The summed E-state index contributed by atoms with van der Waals surface area (Å²) in [6.07, 6.45) is 3.99. The van der Waals surface area contributed by atoms with Gasteiger partial charge in [-0.15, -0.1) is 0 Å². The van der Waals surface area contributed by atoms with Gasteiger partial charge in [-0.25, -0.2) is 4.68 Å². The van der Waals surface area contributed by atoms with Crippen molar-refractivity contribution in [1.29, 1.82) is 0 Å². The monoisotopic (exact) mass is 303 g/mol. The van der Waals surface area contributed by atoms with E-state index in [1.807, 2.05) is 18.0 Å². The Bertz CT molecular complexity index is 707. The largest absolute Gasteiger partial charge is 0.371 e.